The molecule has 0 aliphatic heterocycles. The van der Waals surface area contributed by atoms with E-state index < -0.39 is 5.60 Å². The number of benzene rings is 1. The van der Waals surface area contributed by atoms with Crippen molar-refractivity contribution in [3.8, 4) is 0 Å². The van der Waals surface area contributed by atoms with Gasteiger partial charge in [0, 0.05) is 12.3 Å². The van der Waals surface area contributed by atoms with Crippen LogP contribution in [0.4, 0.5) is 0 Å². The van der Waals surface area contributed by atoms with E-state index in [1.54, 1.807) is 18.7 Å². The Hall–Kier alpha value is -1.04. The summed E-state index contributed by atoms with van der Waals surface area (Å²) in [6, 6.07) is 7.71. The van der Waals surface area contributed by atoms with Crippen LogP contribution >= 0.6 is 11.8 Å². The van der Waals surface area contributed by atoms with Gasteiger partial charge in [0.2, 0.25) is 0 Å². The van der Waals surface area contributed by atoms with E-state index in [1.807, 2.05) is 24.3 Å². The van der Waals surface area contributed by atoms with E-state index in [-0.39, 0.29) is 0 Å². The number of rotatable bonds is 6. The van der Waals surface area contributed by atoms with E-state index >= 15 is 0 Å². The van der Waals surface area contributed by atoms with Crippen LogP contribution in [-0.4, -0.2) is 28.0 Å². The average molecular weight is 266 g/mol. The molecule has 0 radical (unpaired) electrons. The molecule has 3 N–H and O–H groups in total. The van der Waals surface area contributed by atoms with E-state index in [1.165, 1.54) is 0 Å². The number of aliphatic hydroxyl groups is 1. The number of oxazole rings is 1. The van der Waals surface area contributed by atoms with Gasteiger partial charge >= 0.3 is 0 Å². The van der Waals surface area contributed by atoms with Crippen molar-refractivity contribution < 1.29 is 9.52 Å². The lowest BCUT2D eigenvalue weighted by Gasteiger charge is -2.20. The minimum atomic E-state index is -0.762. The van der Waals surface area contributed by atoms with E-state index in [9.17, 15) is 5.11 Å². The van der Waals surface area contributed by atoms with Crippen molar-refractivity contribution in [1.29, 1.82) is 0 Å². The third kappa shape index (κ3) is 3.48. The summed E-state index contributed by atoms with van der Waals surface area (Å²) in [6.07, 6.45) is 1.57. The molecule has 1 aromatic carbocycles. The Kier molecular flexibility index (Phi) is 4.27. The summed E-state index contributed by atoms with van der Waals surface area (Å²) in [7, 11) is 0. The predicted octanol–water partition coefficient (Wildman–Crippen LogP) is 2.41. The molecule has 0 saturated heterocycles. The lowest BCUT2D eigenvalue weighted by molar-refractivity contribution is 0.0595. The summed E-state index contributed by atoms with van der Waals surface area (Å²) in [6.45, 7) is 2.05. The highest BCUT2D eigenvalue weighted by Gasteiger charge is 2.17. The Morgan fingerprint density at radius 3 is 2.94 bits per heavy atom. The van der Waals surface area contributed by atoms with Gasteiger partial charge in [0.25, 0.3) is 5.22 Å². The normalized spacial score (nSPS) is 14.8. The molecule has 1 atom stereocenters. The standard InChI is InChI=1S/C13H18N2O2S/c1-13(16,9-14)7-4-8-18-12-15-10-5-2-3-6-11(10)17-12/h2-3,5-6,16H,4,7-9,14H2,1H3. The molecule has 4 nitrogen and oxygen atoms in total. The lowest BCUT2D eigenvalue weighted by Crippen LogP contribution is -2.34. The zero-order chi connectivity index (χ0) is 13.0. The first kappa shape index (κ1) is 13.4. The van der Waals surface area contributed by atoms with Gasteiger partial charge < -0.3 is 15.3 Å². The molecule has 5 heteroatoms. The van der Waals surface area contributed by atoms with Crippen LogP contribution in [0, 0.1) is 0 Å². The zero-order valence-corrected chi connectivity index (χ0v) is 11.2. The van der Waals surface area contributed by atoms with Crippen molar-refractivity contribution in [3.05, 3.63) is 24.3 Å². The van der Waals surface area contributed by atoms with E-state index in [2.05, 4.69) is 4.98 Å². The number of nitrogens with two attached hydrogens (primary N) is 1. The second kappa shape index (κ2) is 5.73. The van der Waals surface area contributed by atoms with E-state index in [4.69, 9.17) is 10.2 Å². The Labute approximate surface area is 111 Å². The van der Waals surface area contributed by atoms with Gasteiger partial charge in [-0.1, -0.05) is 23.9 Å². The first-order valence-electron chi connectivity index (χ1n) is 6.01. The van der Waals surface area contributed by atoms with Crippen LogP contribution in [0.5, 0.6) is 0 Å². The molecule has 1 aromatic heterocycles. The molecule has 98 valence electrons. The molecular weight excluding hydrogens is 248 g/mol. The van der Waals surface area contributed by atoms with Crippen LogP contribution in [0.25, 0.3) is 11.1 Å². The predicted molar refractivity (Wildman–Crippen MR) is 73.6 cm³/mol. The molecular formula is C13H18N2O2S. The van der Waals surface area contributed by atoms with Crippen LogP contribution in [0.3, 0.4) is 0 Å². The quantitative estimate of drug-likeness (QED) is 0.620. The smallest absolute Gasteiger partial charge is 0.256 e. The number of aromatic nitrogens is 1. The fourth-order valence-electron chi connectivity index (χ4n) is 1.63. The van der Waals surface area contributed by atoms with Crippen molar-refractivity contribution in [1.82, 2.24) is 4.98 Å². The van der Waals surface area contributed by atoms with Crippen LogP contribution in [0.15, 0.2) is 33.9 Å². The highest BCUT2D eigenvalue weighted by Crippen LogP contribution is 2.24. The average Bonchev–Trinajstić information content (AvgIpc) is 2.77. The van der Waals surface area contributed by atoms with Crippen LogP contribution in [-0.2, 0) is 0 Å². The molecule has 2 aromatic rings. The number of thioether (sulfide) groups is 1. The molecule has 0 aliphatic carbocycles. The molecule has 0 bridgehead atoms. The highest BCUT2D eigenvalue weighted by atomic mass is 32.2. The molecule has 0 fully saturated rings. The first-order chi connectivity index (χ1) is 8.61. The van der Waals surface area contributed by atoms with Crippen molar-refractivity contribution in [2.75, 3.05) is 12.3 Å². The Bertz CT molecular complexity index is 477. The van der Waals surface area contributed by atoms with Crippen molar-refractivity contribution in [2.24, 2.45) is 5.73 Å². The topological polar surface area (TPSA) is 72.3 Å². The number of para-hydroxylation sites is 2. The molecule has 0 amide bonds. The number of fused-ring (bicyclic) bond motifs is 1. The van der Waals surface area contributed by atoms with Gasteiger partial charge in [-0.2, -0.15) is 0 Å². The van der Waals surface area contributed by atoms with Gasteiger partial charge in [-0.15, -0.1) is 0 Å². The maximum atomic E-state index is 9.76. The Morgan fingerprint density at radius 2 is 2.22 bits per heavy atom. The molecule has 0 saturated carbocycles. The molecule has 18 heavy (non-hydrogen) atoms. The number of nitrogens with zero attached hydrogens (tertiary/aromatic N) is 1. The summed E-state index contributed by atoms with van der Waals surface area (Å²) < 4.78 is 5.59. The van der Waals surface area contributed by atoms with Gasteiger partial charge in [0.1, 0.15) is 5.52 Å². The zero-order valence-electron chi connectivity index (χ0n) is 10.4. The van der Waals surface area contributed by atoms with Gasteiger partial charge in [-0.3, -0.25) is 0 Å². The Morgan fingerprint density at radius 1 is 1.44 bits per heavy atom. The maximum Gasteiger partial charge on any atom is 0.256 e. The largest absolute Gasteiger partial charge is 0.431 e. The van der Waals surface area contributed by atoms with Gasteiger partial charge in [-0.25, -0.2) is 4.98 Å². The first-order valence-corrected chi connectivity index (χ1v) is 7.00. The van der Waals surface area contributed by atoms with Gasteiger partial charge in [-0.05, 0) is 31.9 Å². The molecule has 1 unspecified atom stereocenters. The van der Waals surface area contributed by atoms with Crippen molar-refractivity contribution >= 4 is 22.9 Å². The minimum Gasteiger partial charge on any atom is -0.431 e. The van der Waals surface area contributed by atoms with E-state index in [0.717, 1.165) is 23.3 Å². The van der Waals surface area contributed by atoms with Gasteiger partial charge in [0.05, 0.1) is 5.60 Å². The number of hydrogen-bond acceptors (Lipinski definition) is 5. The summed E-state index contributed by atoms with van der Waals surface area (Å²) in [4.78, 5) is 4.38. The maximum absolute atomic E-state index is 9.76. The van der Waals surface area contributed by atoms with Crippen molar-refractivity contribution in [3.63, 3.8) is 0 Å². The van der Waals surface area contributed by atoms with Crippen LogP contribution < -0.4 is 5.73 Å². The molecule has 1 heterocycles. The summed E-state index contributed by atoms with van der Waals surface area (Å²) in [5, 5.41) is 10.4. The highest BCUT2D eigenvalue weighted by molar-refractivity contribution is 7.99. The second-order valence-electron chi connectivity index (χ2n) is 4.60. The van der Waals surface area contributed by atoms with Crippen molar-refractivity contribution in [2.45, 2.75) is 30.6 Å². The second-order valence-corrected chi connectivity index (χ2v) is 5.65. The summed E-state index contributed by atoms with van der Waals surface area (Å²) in [5.41, 5.74) is 6.40. The fourth-order valence-corrected chi connectivity index (χ4v) is 2.40. The molecule has 0 spiro atoms. The third-order valence-electron chi connectivity index (χ3n) is 2.80. The lowest BCUT2D eigenvalue weighted by atomic mass is 10.0. The monoisotopic (exact) mass is 266 g/mol. The SMILES string of the molecule is CC(O)(CN)CCCSc1nc2ccccc2o1. The van der Waals surface area contributed by atoms with E-state index in [0.29, 0.717) is 18.2 Å². The molecule has 0 aliphatic rings. The number of hydrogen-bond donors (Lipinski definition) is 2. The molecule has 2 rings (SSSR count). The van der Waals surface area contributed by atoms with Crippen LogP contribution in [0.1, 0.15) is 19.8 Å². The summed E-state index contributed by atoms with van der Waals surface area (Å²) in [5.74, 6) is 0.864. The van der Waals surface area contributed by atoms with Crippen LogP contribution in [0.2, 0.25) is 0 Å². The Balaban J connectivity index is 1.83. The minimum absolute atomic E-state index is 0.292. The fraction of sp³-hybridized carbons (Fsp3) is 0.462. The van der Waals surface area contributed by atoms with Gasteiger partial charge in [0.15, 0.2) is 5.58 Å². The summed E-state index contributed by atoms with van der Waals surface area (Å²) >= 11 is 1.57. The third-order valence-corrected chi connectivity index (χ3v) is 3.71.